The number of rotatable bonds is 3. The zero-order chi connectivity index (χ0) is 12.4. The second kappa shape index (κ2) is 4.00. The second-order valence-electron chi connectivity index (χ2n) is 3.18. The maximum absolute atomic E-state index is 10.7. The number of hydrogen-bond acceptors (Lipinski definition) is 5. The van der Waals surface area contributed by atoms with E-state index in [2.05, 4.69) is 10.2 Å². The van der Waals surface area contributed by atoms with Crippen LogP contribution in [0.3, 0.4) is 0 Å². The SMILES string of the molecule is O=[N+]([O-])c1ccc(-c2cc[nH]n2)cc1[N+](=O)[O-]. The maximum Gasteiger partial charge on any atom is 0.346 e. The van der Waals surface area contributed by atoms with Gasteiger partial charge in [0.25, 0.3) is 0 Å². The third kappa shape index (κ3) is 1.95. The third-order valence-electron chi connectivity index (χ3n) is 2.17. The summed E-state index contributed by atoms with van der Waals surface area (Å²) in [7, 11) is 0. The summed E-state index contributed by atoms with van der Waals surface area (Å²) >= 11 is 0. The molecule has 2 aromatic rings. The molecule has 0 saturated carbocycles. The molecule has 2 rings (SSSR count). The molecule has 17 heavy (non-hydrogen) atoms. The van der Waals surface area contributed by atoms with Gasteiger partial charge < -0.3 is 0 Å². The van der Waals surface area contributed by atoms with E-state index in [4.69, 9.17) is 0 Å². The summed E-state index contributed by atoms with van der Waals surface area (Å²) in [6, 6.07) is 5.27. The highest BCUT2D eigenvalue weighted by molar-refractivity contribution is 5.67. The minimum absolute atomic E-state index is 0.448. The molecule has 0 radical (unpaired) electrons. The summed E-state index contributed by atoms with van der Waals surface area (Å²) in [4.78, 5) is 19.8. The molecule has 0 aliphatic rings. The van der Waals surface area contributed by atoms with Crippen LogP contribution in [0.2, 0.25) is 0 Å². The largest absolute Gasteiger partial charge is 0.346 e. The van der Waals surface area contributed by atoms with Gasteiger partial charge in [0.05, 0.1) is 15.5 Å². The average Bonchev–Trinajstić information content (AvgIpc) is 2.81. The Morgan fingerprint density at radius 2 is 1.76 bits per heavy atom. The Morgan fingerprint density at radius 3 is 2.29 bits per heavy atom. The first-order valence-electron chi connectivity index (χ1n) is 4.52. The molecule has 1 N–H and O–H groups in total. The molecule has 0 amide bonds. The normalized spacial score (nSPS) is 10.1. The van der Waals surface area contributed by atoms with E-state index in [1.54, 1.807) is 12.3 Å². The molecular weight excluding hydrogens is 228 g/mol. The van der Waals surface area contributed by atoms with Gasteiger partial charge in [0.15, 0.2) is 0 Å². The number of benzene rings is 1. The molecular formula is C9H6N4O4. The molecule has 1 aromatic carbocycles. The van der Waals surface area contributed by atoms with Crippen molar-refractivity contribution in [2.75, 3.05) is 0 Å². The topological polar surface area (TPSA) is 115 Å². The highest BCUT2D eigenvalue weighted by Gasteiger charge is 2.24. The van der Waals surface area contributed by atoms with Crippen molar-refractivity contribution in [3.63, 3.8) is 0 Å². The van der Waals surface area contributed by atoms with Crippen molar-refractivity contribution in [3.8, 4) is 11.3 Å². The molecule has 0 aliphatic carbocycles. The molecule has 86 valence electrons. The number of hydrogen-bond donors (Lipinski definition) is 1. The van der Waals surface area contributed by atoms with Crippen LogP contribution in [0.25, 0.3) is 11.3 Å². The minimum atomic E-state index is -0.785. The number of H-pyrrole nitrogens is 1. The summed E-state index contributed by atoms with van der Waals surface area (Å²) in [6.45, 7) is 0. The van der Waals surface area contributed by atoms with Crippen LogP contribution in [0.15, 0.2) is 30.5 Å². The molecule has 0 aliphatic heterocycles. The van der Waals surface area contributed by atoms with E-state index in [0.29, 0.717) is 11.3 Å². The van der Waals surface area contributed by atoms with Gasteiger partial charge in [0.2, 0.25) is 0 Å². The fraction of sp³-hybridized carbons (Fsp3) is 0. The van der Waals surface area contributed by atoms with Crippen molar-refractivity contribution in [1.29, 1.82) is 0 Å². The zero-order valence-corrected chi connectivity index (χ0v) is 8.36. The molecule has 0 unspecified atom stereocenters. The number of nitro benzene ring substituents is 2. The van der Waals surface area contributed by atoms with Gasteiger partial charge in [-0.1, -0.05) is 0 Å². The standard InChI is InChI=1S/C9H6N4O4/c14-12(15)8-2-1-6(5-9(8)13(16)17)7-3-4-10-11-7/h1-5H,(H,10,11). The Morgan fingerprint density at radius 1 is 1.06 bits per heavy atom. The fourth-order valence-electron chi connectivity index (χ4n) is 1.40. The van der Waals surface area contributed by atoms with E-state index in [0.717, 1.165) is 12.1 Å². The lowest BCUT2D eigenvalue weighted by Crippen LogP contribution is -1.96. The van der Waals surface area contributed by atoms with Gasteiger partial charge in [-0.2, -0.15) is 5.10 Å². The molecule has 8 heteroatoms. The Bertz CT molecular complexity index is 579. The predicted octanol–water partition coefficient (Wildman–Crippen LogP) is 1.89. The molecule has 1 heterocycles. The lowest BCUT2D eigenvalue weighted by molar-refractivity contribution is -0.422. The van der Waals surface area contributed by atoms with Gasteiger partial charge in [-0.25, -0.2) is 0 Å². The monoisotopic (exact) mass is 234 g/mol. The molecule has 0 spiro atoms. The fourth-order valence-corrected chi connectivity index (χ4v) is 1.40. The average molecular weight is 234 g/mol. The zero-order valence-electron chi connectivity index (χ0n) is 8.36. The summed E-state index contributed by atoms with van der Waals surface area (Å²) < 4.78 is 0. The molecule has 0 atom stereocenters. The Kier molecular flexibility index (Phi) is 2.53. The number of aromatic nitrogens is 2. The van der Waals surface area contributed by atoms with Crippen molar-refractivity contribution in [2.24, 2.45) is 0 Å². The molecule has 1 aromatic heterocycles. The number of nitrogens with one attached hydrogen (secondary N) is 1. The lowest BCUT2D eigenvalue weighted by atomic mass is 10.1. The molecule has 0 fully saturated rings. The van der Waals surface area contributed by atoms with Gasteiger partial charge in [-0.05, 0) is 12.1 Å². The van der Waals surface area contributed by atoms with Crippen LogP contribution in [0.1, 0.15) is 0 Å². The summed E-state index contributed by atoms with van der Waals surface area (Å²) in [6.07, 6.45) is 1.56. The number of nitrogens with zero attached hydrogens (tertiary/aromatic N) is 3. The van der Waals surface area contributed by atoms with Crippen LogP contribution in [0.5, 0.6) is 0 Å². The van der Waals surface area contributed by atoms with Gasteiger partial charge in [0, 0.05) is 23.9 Å². The van der Waals surface area contributed by atoms with Gasteiger partial charge in [-0.15, -0.1) is 0 Å². The maximum atomic E-state index is 10.7. The van der Waals surface area contributed by atoms with E-state index >= 15 is 0 Å². The van der Waals surface area contributed by atoms with Gasteiger partial charge in [-0.3, -0.25) is 25.3 Å². The van der Waals surface area contributed by atoms with Crippen LogP contribution in [-0.4, -0.2) is 20.0 Å². The van der Waals surface area contributed by atoms with Crippen LogP contribution in [0, 0.1) is 20.2 Å². The number of nitro groups is 2. The highest BCUT2D eigenvalue weighted by atomic mass is 16.6. The van der Waals surface area contributed by atoms with Crippen molar-refractivity contribution < 1.29 is 9.85 Å². The van der Waals surface area contributed by atoms with Gasteiger partial charge in [0.1, 0.15) is 0 Å². The predicted molar refractivity (Wildman–Crippen MR) is 57.3 cm³/mol. The quantitative estimate of drug-likeness (QED) is 0.643. The van der Waals surface area contributed by atoms with E-state index in [1.165, 1.54) is 6.07 Å². The van der Waals surface area contributed by atoms with Crippen LogP contribution in [0.4, 0.5) is 11.4 Å². The van der Waals surface area contributed by atoms with Crippen LogP contribution >= 0.6 is 0 Å². The van der Waals surface area contributed by atoms with E-state index in [-0.39, 0.29) is 0 Å². The first-order valence-corrected chi connectivity index (χ1v) is 4.52. The summed E-state index contributed by atoms with van der Waals surface area (Å²) in [5.74, 6) is 0. The molecule has 0 bridgehead atoms. The molecule has 8 nitrogen and oxygen atoms in total. The number of aromatic amines is 1. The van der Waals surface area contributed by atoms with Crippen molar-refractivity contribution in [2.45, 2.75) is 0 Å². The Balaban J connectivity index is 2.57. The van der Waals surface area contributed by atoms with Crippen LogP contribution in [-0.2, 0) is 0 Å². The third-order valence-corrected chi connectivity index (χ3v) is 2.17. The Labute approximate surface area is 94.2 Å². The van der Waals surface area contributed by atoms with Crippen molar-refractivity contribution in [1.82, 2.24) is 10.2 Å². The highest BCUT2D eigenvalue weighted by Crippen LogP contribution is 2.30. The molecule has 0 saturated heterocycles. The smallest absolute Gasteiger partial charge is 0.285 e. The lowest BCUT2D eigenvalue weighted by Gasteiger charge is -1.98. The van der Waals surface area contributed by atoms with E-state index < -0.39 is 21.2 Å². The van der Waals surface area contributed by atoms with Gasteiger partial charge >= 0.3 is 11.4 Å². The first kappa shape index (κ1) is 10.7. The minimum Gasteiger partial charge on any atom is -0.285 e. The summed E-state index contributed by atoms with van der Waals surface area (Å²) in [5, 5.41) is 27.7. The van der Waals surface area contributed by atoms with Crippen LogP contribution < -0.4 is 0 Å². The van der Waals surface area contributed by atoms with Crippen molar-refractivity contribution >= 4 is 11.4 Å². The summed E-state index contributed by atoms with van der Waals surface area (Å²) in [5.41, 5.74) is -0.142. The second-order valence-corrected chi connectivity index (χ2v) is 3.18. The first-order chi connectivity index (χ1) is 8.09. The van der Waals surface area contributed by atoms with E-state index in [1.807, 2.05) is 0 Å². The van der Waals surface area contributed by atoms with E-state index in [9.17, 15) is 20.2 Å². The van der Waals surface area contributed by atoms with Crippen molar-refractivity contribution in [3.05, 3.63) is 50.7 Å². The Hall–Kier alpha value is -2.77.